The van der Waals surface area contributed by atoms with E-state index in [0.29, 0.717) is 22.7 Å². The van der Waals surface area contributed by atoms with Crippen LogP contribution in [0.15, 0.2) is 48.5 Å². The van der Waals surface area contributed by atoms with E-state index in [9.17, 15) is 8.42 Å². The lowest BCUT2D eigenvalue weighted by Gasteiger charge is -2.08. The summed E-state index contributed by atoms with van der Waals surface area (Å²) in [6.07, 6.45) is 0.416. The highest BCUT2D eigenvalue weighted by molar-refractivity contribution is 7.90. The van der Waals surface area contributed by atoms with Gasteiger partial charge in [0.2, 0.25) is 0 Å². The van der Waals surface area contributed by atoms with Crippen LogP contribution in [-0.2, 0) is 22.0 Å². The lowest BCUT2D eigenvalue weighted by atomic mass is 10.1. The van der Waals surface area contributed by atoms with E-state index in [-0.39, 0.29) is 11.5 Å². The fourth-order valence-corrected chi connectivity index (χ4v) is 3.63. The smallest absolute Gasteiger partial charge is 0.154 e. The lowest BCUT2D eigenvalue weighted by molar-refractivity contribution is 0.594. The highest BCUT2D eigenvalue weighted by atomic mass is 35.5. The van der Waals surface area contributed by atoms with Gasteiger partial charge in [-0.05, 0) is 29.7 Å². The molecule has 0 aliphatic heterocycles. The summed E-state index contributed by atoms with van der Waals surface area (Å²) in [6, 6.07) is 14.3. The summed E-state index contributed by atoms with van der Waals surface area (Å²) < 4.78 is 24.3. The molecule has 3 nitrogen and oxygen atoms in total. The van der Waals surface area contributed by atoms with Crippen LogP contribution in [0.1, 0.15) is 11.1 Å². The number of hydrogen-bond acceptors (Lipinski definition) is 3. The SMILES string of the molecule is Nc1ccccc1CCS(=O)(=O)Cc1ccccc1Cl. The molecule has 0 atom stereocenters. The number of halogens is 1. The van der Waals surface area contributed by atoms with E-state index in [2.05, 4.69) is 0 Å². The average Bonchev–Trinajstić information content (AvgIpc) is 2.40. The Morgan fingerprint density at radius 2 is 1.55 bits per heavy atom. The van der Waals surface area contributed by atoms with Crippen molar-refractivity contribution in [2.45, 2.75) is 12.2 Å². The van der Waals surface area contributed by atoms with Gasteiger partial charge >= 0.3 is 0 Å². The molecule has 5 heteroatoms. The minimum absolute atomic E-state index is 0.0423. The molecular formula is C15H16ClNO2S. The molecule has 2 N–H and O–H groups in total. The summed E-state index contributed by atoms with van der Waals surface area (Å²) in [5, 5.41) is 0.482. The Morgan fingerprint density at radius 3 is 2.20 bits per heavy atom. The molecule has 20 heavy (non-hydrogen) atoms. The zero-order valence-electron chi connectivity index (χ0n) is 10.9. The van der Waals surface area contributed by atoms with Crippen LogP contribution in [-0.4, -0.2) is 14.2 Å². The predicted octanol–water partition coefficient (Wildman–Crippen LogP) is 3.08. The number of rotatable bonds is 5. The van der Waals surface area contributed by atoms with E-state index in [0.717, 1.165) is 5.56 Å². The van der Waals surface area contributed by atoms with Gasteiger partial charge in [0, 0.05) is 10.7 Å². The maximum Gasteiger partial charge on any atom is 0.154 e. The van der Waals surface area contributed by atoms with Gasteiger partial charge in [-0.15, -0.1) is 0 Å². The maximum absolute atomic E-state index is 12.1. The van der Waals surface area contributed by atoms with Crippen molar-refractivity contribution in [3.63, 3.8) is 0 Å². The normalized spacial score (nSPS) is 11.4. The molecule has 106 valence electrons. The summed E-state index contributed by atoms with van der Waals surface area (Å²) in [6.45, 7) is 0. The minimum Gasteiger partial charge on any atom is -0.399 e. The molecule has 0 unspecified atom stereocenters. The van der Waals surface area contributed by atoms with E-state index in [1.54, 1.807) is 30.3 Å². The Hall–Kier alpha value is -1.52. The Labute approximate surface area is 124 Å². The van der Waals surface area contributed by atoms with Crippen LogP contribution in [0, 0.1) is 0 Å². The number of aryl methyl sites for hydroxylation is 1. The second-order valence-corrected chi connectivity index (χ2v) is 7.22. The number of benzene rings is 2. The summed E-state index contributed by atoms with van der Waals surface area (Å²) in [4.78, 5) is 0. The first kappa shape index (κ1) is 14.9. The van der Waals surface area contributed by atoms with Crippen molar-refractivity contribution in [1.29, 1.82) is 0 Å². The zero-order valence-corrected chi connectivity index (χ0v) is 12.5. The fraction of sp³-hybridized carbons (Fsp3) is 0.200. The molecule has 0 saturated heterocycles. The molecule has 0 aliphatic carbocycles. The van der Waals surface area contributed by atoms with Crippen LogP contribution in [0.2, 0.25) is 5.02 Å². The van der Waals surface area contributed by atoms with Gasteiger partial charge in [-0.2, -0.15) is 0 Å². The molecule has 0 spiro atoms. The highest BCUT2D eigenvalue weighted by Crippen LogP contribution is 2.19. The summed E-state index contributed by atoms with van der Waals surface area (Å²) in [7, 11) is -3.21. The van der Waals surface area contributed by atoms with Gasteiger partial charge < -0.3 is 5.73 Å². The number of hydrogen-bond donors (Lipinski definition) is 1. The second kappa shape index (κ2) is 6.29. The number of nitrogens with two attached hydrogens (primary N) is 1. The first-order chi connectivity index (χ1) is 9.48. The molecule has 2 rings (SSSR count). The fourth-order valence-electron chi connectivity index (χ4n) is 1.95. The summed E-state index contributed by atoms with van der Waals surface area (Å²) >= 11 is 5.99. The van der Waals surface area contributed by atoms with Crippen LogP contribution in [0.3, 0.4) is 0 Å². The molecule has 0 saturated carbocycles. The molecule has 2 aromatic carbocycles. The van der Waals surface area contributed by atoms with Crippen LogP contribution >= 0.6 is 11.6 Å². The van der Waals surface area contributed by atoms with Crippen molar-refractivity contribution in [1.82, 2.24) is 0 Å². The molecular weight excluding hydrogens is 294 g/mol. The third-order valence-corrected chi connectivity index (χ3v) is 5.02. The number of anilines is 1. The Bertz CT molecular complexity index is 699. The van der Waals surface area contributed by atoms with Gasteiger partial charge in [0.15, 0.2) is 9.84 Å². The van der Waals surface area contributed by atoms with Crippen molar-refractivity contribution >= 4 is 27.1 Å². The first-order valence-electron chi connectivity index (χ1n) is 6.25. The predicted molar refractivity (Wildman–Crippen MR) is 83.5 cm³/mol. The van der Waals surface area contributed by atoms with E-state index in [1.807, 2.05) is 18.2 Å². The Balaban J connectivity index is 2.05. The molecule has 0 aliphatic rings. The molecule has 0 radical (unpaired) electrons. The van der Waals surface area contributed by atoms with Gasteiger partial charge in [0.1, 0.15) is 0 Å². The maximum atomic E-state index is 12.1. The molecule has 0 amide bonds. The third kappa shape index (κ3) is 3.99. The summed E-state index contributed by atoms with van der Waals surface area (Å²) in [5.41, 5.74) is 7.93. The largest absolute Gasteiger partial charge is 0.399 e. The van der Waals surface area contributed by atoms with E-state index >= 15 is 0 Å². The van der Waals surface area contributed by atoms with Gasteiger partial charge in [0.05, 0.1) is 11.5 Å². The molecule has 0 heterocycles. The van der Waals surface area contributed by atoms with Gasteiger partial charge in [0.25, 0.3) is 0 Å². The Kier molecular flexibility index (Phi) is 4.68. The number of nitrogen functional groups attached to an aromatic ring is 1. The second-order valence-electron chi connectivity index (χ2n) is 4.63. The highest BCUT2D eigenvalue weighted by Gasteiger charge is 2.14. The molecule has 0 bridgehead atoms. The van der Waals surface area contributed by atoms with Crippen molar-refractivity contribution in [2.75, 3.05) is 11.5 Å². The minimum atomic E-state index is -3.21. The van der Waals surface area contributed by atoms with Crippen molar-refractivity contribution in [3.05, 3.63) is 64.7 Å². The van der Waals surface area contributed by atoms with Gasteiger partial charge in [-0.3, -0.25) is 0 Å². The average molecular weight is 310 g/mol. The van der Waals surface area contributed by atoms with E-state index < -0.39 is 9.84 Å². The van der Waals surface area contributed by atoms with Gasteiger partial charge in [-0.1, -0.05) is 48.0 Å². The zero-order chi connectivity index (χ0) is 14.6. The number of sulfone groups is 1. The van der Waals surface area contributed by atoms with Crippen LogP contribution in [0.5, 0.6) is 0 Å². The molecule has 0 fully saturated rings. The standard InChI is InChI=1S/C15H16ClNO2S/c16-14-7-3-1-6-13(14)11-20(18,19)10-9-12-5-2-4-8-15(12)17/h1-8H,9-11,17H2. The van der Waals surface area contributed by atoms with Gasteiger partial charge in [-0.25, -0.2) is 8.42 Å². The quantitative estimate of drug-likeness (QED) is 0.863. The topological polar surface area (TPSA) is 60.2 Å². The lowest BCUT2D eigenvalue weighted by Crippen LogP contribution is -2.12. The van der Waals surface area contributed by atoms with E-state index in [4.69, 9.17) is 17.3 Å². The first-order valence-corrected chi connectivity index (χ1v) is 8.45. The monoisotopic (exact) mass is 309 g/mol. The molecule has 2 aromatic rings. The number of para-hydroxylation sites is 1. The van der Waals surface area contributed by atoms with Crippen molar-refractivity contribution < 1.29 is 8.42 Å². The van der Waals surface area contributed by atoms with Crippen molar-refractivity contribution in [3.8, 4) is 0 Å². The van der Waals surface area contributed by atoms with E-state index in [1.165, 1.54) is 0 Å². The summed E-state index contributed by atoms with van der Waals surface area (Å²) in [5.74, 6) is 0.0197. The van der Waals surface area contributed by atoms with Crippen LogP contribution in [0.4, 0.5) is 5.69 Å². The van der Waals surface area contributed by atoms with Crippen LogP contribution < -0.4 is 5.73 Å². The third-order valence-electron chi connectivity index (χ3n) is 3.07. The van der Waals surface area contributed by atoms with Crippen LogP contribution in [0.25, 0.3) is 0 Å². The van der Waals surface area contributed by atoms with Crippen molar-refractivity contribution in [2.24, 2.45) is 0 Å². The Morgan fingerprint density at radius 1 is 0.950 bits per heavy atom. The molecule has 0 aromatic heterocycles.